The summed E-state index contributed by atoms with van der Waals surface area (Å²) in [7, 11) is 1.75. The molecular weight excluding hydrogens is 1780 g/mol. The molecule has 0 saturated heterocycles. The van der Waals surface area contributed by atoms with Gasteiger partial charge in [0.25, 0.3) is 17.8 Å². The van der Waals surface area contributed by atoms with Gasteiger partial charge in [0.05, 0.1) is 12.5 Å². The van der Waals surface area contributed by atoms with E-state index in [1.54, 1.807) is 78.1 Å². The average Bonchev–Trinajstić information content (AvgIpc) is 1.63. The number of H-pyrrole nitrogens is 1. The fourth-order valence-electron chi connectivity index (χ4n) is 11.0. The van der Waals surface area contributed by atoms with E-state index in [0.717, 1.165) is 35.6 Å². The van der Waals surface area contributed by atoms with Crippen molar-refractivity contribution in [2.75, 3.05) is 0 Å². The van der Waals surface area contributed by atoms with Gasteiger partial charge in [0.2, 0.25) is 5.82 Å². The van der Waals surface area contributed by atoms with E-state index in [0.29, 0.717) is 41.6 Å². The van der Waals surface area contributed by atoms with Gasteiger partial charge < -0.3 is 90.5 Å². The van der Waals surface area contributed by atoms with Gasteiger partial charge in [0.1, 0.15) is 55.1 Å². The number of hydrogen-bond donors (Lipinski definition) is 10. The highest BCUT2D eigenvalue weighted by Crippen LogP contribution is 2.58. The number of carbonyl (C=O) groups is 9. The number of halogens is 7. The Labute approximate surface area is 788 Å². The van der Waals surface area contributed by atoms with E-state index in [9.17, 15) is 73.9 Å². The first-order valence-electron chi connectivity index (χ1n) is 45.1. The lowest BCUT2D eigenvalue weighted by atomic mass is 9.94. The predicted octanol–water partition coefficient (Wildman–Crippen LogP) is 17.4. The minimum Gasteiger partial charge on any atom is -0.447 e. The molecule has 9 amide bonds. The Morgan fingerprint density at radius 2 is 0.859 bits per heavy atom. The van der Waals surface area contributed by atoms with Gasteiger partial charge in [-0.1, -0.05) is 19.8 Å². The van der Waals surface area contributed by atoms with Crippen LogP contribution in [0.15, 0.2) is 55.2 Å². The van der Waals surface area contributed by atoms with E-state index < -0.39 is 84.5 Å². The maximum atomic E-state index is 13.0. The number of carbonyl (C=O) groups excluding carboxylic acids is 9. The summed E-state index contributed by atoms with van der Waals surface area (Å²) in [4.78, 5) is 123. The van der Waals surface area contributed by atoms with Crippen LogP contribution in [0.4, 0.5) is 73.9 Å². The number of aryl methyl sites for hydroxylation is 4. The van der Waals surface area contributed by atoms with Gasteiger partial charge in [-0.15, -0.1) is 0 Å². The van der Waals surface area contributed by atoms with Crippen LogP contribution in [0.3, 0.4) is 0 Å². The summed E-state index contributed by atoms with van der Waals surface area (Å²) >= 11 is 0. The Bertz CT molecular complexity index is 4280. The third kappa shape index (κ3) is 63.9. The van der Waals surface area contributed by atoms with Crippen molar-refractivity contribution in [1.82, 2.24) is 97.7 Å². The molecule has 0 aromatic carbocycles. The highest BCUT2D eigenvalue weighted by molar-refractivity contribution is 5.71. The Balaban J connectivity index is 0.000000751. The lowest BCUT2D eigenvalue weighted by Crippen LogP contribution is -2.38. The number of nitrogens with one attached hydrogen (secondary N) is 10. The van der Waals surface area contributed by atoms with Gasteiger partial charge in [-0.2, -0.15) is 10.2 Å². The minimum atomic E-state index is -2.80. The maximum absolute atomic E-state index is 13.0. The zero-order valence-electron chi connectivity index (χ0n) is 82.9. The SMILES string of the molecule is CC(C)NC(=O)OC(C)C.CC(C)NC(=O)OC1CC1(F)F.CC(C)NC(=O)OC1CCC(F)(F)C1.CC(C)NC(=O)OC1CCC2(CC2)C1.CC(C)NC(=O)OC1CCCC(F)(F)C1.CC(C)NC(=O)OCc1ncccc1F.CC(C)NC(=O)OCc1ncn(C)n1.Cc1cc(COC(=O)NC(C)C)n[nH]1.Cc1ccnc(C#CC(C)C)n1.Cc1ccnc(COC(=O)NC(C)C)n1. The summed E-state index contributed by atoms with van der Waals surface area (Å²) in [6.07, 6.45) is 5.51. The molecule has 5 aromatic rings. The van der Waals surface area contributed by atoms with Crippen molar-refractivity contribution in [2.45, 2.75) is 386 Å². The molecule has 1 spiro atoms. The van der Waals surface area contributed by atoms with Crippen LogP contribution in [0.2, 0.25) is 0 Å². The van der Waals surface area contributed by atoms with Crippen molar-refractivity contribution in [1.29, 1.82) is 0 Å². The number of alkyl carbamates (subject to hydrolysis) is 9. The van der Waals surface area contributed by atoms with Crippen molar-refractivity contribution in [3.63, 3.8) is 0 Å². The number of alkyl halides is 6. The minimum absolute atomic E-state index is 0.00826. The molecule has 0 bridgehead atoms. The van der Waals surface area contributed by atoms with Crippen LogP contribution >= 0.6 is 0 Å². The van der Waals surface area contributed by atoms with Crippen molar-refractivity contribution in [2.24, 2.45) is 18.4 Å². The molecule has 5 fully saturated rings. The second-order valence-electron chi connectivity index (χ2n) is 35.6. The van der Waals surface area contributed by atoms with Gasteiger partial charge in [0, 0.05) is 129 Å². The van der Waals surface area contributed by atoms with Crippen LogP contribution in [0.25, 0.3) is 0 Å². The molecule has 4 unspecified atom stereocenters. The molecule has 5 saturated carbocycles. The second-order valence-corrected chi connectivity index (χ2v) is 35.6. The van der Waals surface area contributed by atoms with Gasteiger partial charge in [-0.25, -0.2) is 98.8 Å². The Morgan fingerprint density at radius 1 is 0.452 bits per heavy atom. The number of amides is 9. The molecular formula is C91H146F7N19O18. The number of aromatic amines is 1. The van der Waals surface area contributed by atoms with E-state index in [1.165, 1.54) is 37.6 Å². The molecule has 0 aliphatic heterocycles. The highest BCUT2D eigenvalue weighted by Gasteiger charge is 2.60. The molecule has 5 heterocycles. The number of ether oxygens (including phenoxy) is 9. The molecule has 5 aromatic heterocycles. The molecule has 10 rings (SSSR count). The largest absolute Gasteiger partial charge is 0.447 e. The number of aromatic nitrogens is 10. The standard InChI is InChI=1S/C11H19NO2.C10H17F2NO2.C10H13FN2O2.C10H15N3O2.C10H12N2.C9H15F2NO2.C9H15N3O2.C8H14N4O2.C7H11F2NO2.C7H15NO2/c1-8(2)12-10(13)14-9-3-4-11(7-9)5-6-11;1-7(2)13-9(14)15-8-4-3-5-10(11,12)6-8;1-7(2)13-10(14)15-6-9-8(11)4-3-5-12-9;1-7(2)12-10(14)15-6-9-11-5-4-8(3)13-9;1-8(2)4-5-10-11-7-6-9(3)12-10;1-6(2)12-8(13)14-7-3-4-9(10,11)5-7;1-6(2)10-9(13)14-5-8-4-7(3)11-12-8;1-6(2)10-8(13)14-4-7-9-5-12(3)11-7;1-4(2)10-6(11)12-5-3-7(5,8)9;1-5(2)8-7(9)10-6(3)4/h8-9H,3-7H2,1-2H3,(H,12,13);7-8H,3-6H2,1-2H3,(H,13,14);3-5,7H,6H2,1-2H3,(H,13,14);4-5,7H,6H2,1-3H3,(H,12,14);6-8H,1-3H3;6-7H,3-5H2,1-2H3,(H,12,13);4,6H,5H2,1-3H3,(H,10,13)(H,11,12);5-6H,4H2,1-3H3,(H,10,13);4-5H,3H2,1-2H3,(H,10,11);5-6H,1-4H3,(H,8,9). The Kier molecular flexibility index (Phi) is 56.2. The first-order valence-corrected chi connectivity index (χ1v) is 45.1. The molecule has 135 heavy (non-hydrogen) atoms. The summed E-state index contributed by atoms with van der Waals surface area (Å²) in [5.41, 5.74) is 4.19. The average molecular weight is 1930 g/mol. The van der Waals surface area contributed by atoms with E-state index in [4.69, 9.17) is 37.9 Å². The normalized spacial score (nSPS) is 16.5. The third-order valence-electron chi connectivity index (χ3n) is 17.1. The van der Waals surface area contributed by atoms with Crippen LogP contribution in [0.5, 0.6) is 0 Å². The quantitative estimate of drug-likeness (QED) is 0.0175. The molecule has 4 atom stereocenters. The molecule has 0 radical (unpaired) electrons. The molecule has 5 aliphatic carbocycles. The lowest BCUT2D eigenvalue weighted by Gasteiger charge is -2.28. The zero-order chi connectivity index (χ0) is 103. The number of nitrogens with zero attached hydrogens (tertiary/aromatic N) is 9. The lowest BCUT2D eigenvalue weighted by molar-refractivity contribution is -0.0785. The molecule has 762 valence electrons. The smallest absolute Gasteiger partial charge is 0.407 e. The van der Waals surface area contributed by atoms with Crippen molar-refractivity contribution >= 4 is 54.8 Å². The summed E-state index contributed by atoms with van der Waals surface area (Å²) in [6.45, 7) is 46.7. The van der Waals surface area contributed by atoms with Crippen molar-refractivity contribution in [3.8, 4) is 11.8 Å². The van der Waals surface area contributed by atoms with Crippen LogP contribution in [-0.2, 0) is 76.1 Å². The summed E-state index contributed by atoms with van der Waals surface area (Å²) in [6, 6.07) is 8.59. The van der Waals surface area contributed by atoms with Gasteiger partial charge in [0.15, 0.2) is 31.0 Å². The fourth-order valence-corrected chi connectivity index (χ4v) is 11.0. The monoisotopic (exact) mass is 1930 g/mol. The second kappa shape index (κ2) is 62.7. The van der Waals surface area contributed by atoms with Gasteiger partial charge in [-0.05, 0) is 252 Å². The van der Waals surface area contributed by atoms with Crippen molar-refractivity contribution < 1.29 is 117 Å². The Morgan fingerprint density at radius 3 is 1.24 bits per heavy atom. The van der Waals surface area contributed by atoms with Crippen molar-refractivity contribution in [3.05, 3.63) is 107 Å². The van der Waals surface area contributed by atoms with Crippen LogP contribution in [0.1, 0.15) is 282 Å². The van der Waals surface area contributed by atoms with E-state index in [2.05, 4.69) is 110 Å². The van der Waals surface area contributed by atoms with Gasteiger partial charge in [-0.3, -0.25) is 14.8 Å². The molecule has 10 N–H and O–H groups in total. The molecule has 44 heteroatoms. The molecule has 37 nitrogen and oxygen atoms in total. The topological polar surface area (TPSA) is 469 Å². The number of rotatable bonds is 22. The third-order valence-corrected chi connectivity index (χ3v) is 17.1. The predicted molar refractivity (Wildman–Crippen MR) is 489 cm³/mol. The Hall–Kier alpha value is -11.8. The highest BCUT2D eigenvalue weighted by atomic mass is 19.3. The number of hydrogen-bond acceptors (Lipinski definition) is 26. The fraction of sp³-hybridized carbons (Fsp3) is 0.681. The van der Waals surface area contributed by atoms with Crippen LogP contribution < -0.4 is 47.9 Å². The summed E-state index contributed by atoms with van der Waals surface area (Å²) in [5.74, 6) is -0.707. The van der Waals surface area contributed by atoms with Crippen LogP contribution in [0, 0.1) is 49.8 Å². The van der Waals surface area contributed by atoms with E-state index in [1.807, 2.05) is 144 Å². The summed E-state index contributed by atoms with van der Waals surface area (Å²) < 4.78 is 134. The first-order chi connectivity index (χ1) is 62.8. The maximum Gasteiger partial charge on any atom is 0.407 e. The van der Waals surface area contributed by atoms with E-state index >= 15 is 0 Å². The zero-order valence-corrected chi connectivity index (χ0v) is 82.9. The van der Waals surface area contributed by atoms with Crippen LogP contribution in [-0.4, -0.2) is 207 Å². The van der Waals surface area contributed by atoms with E-state index in [-0.39, 0.29) is 149 Å². The molecule has 5 aliphatic rings. The summed E-state index contributed by atoms with van der Waals surface area (Å²) in [5, 5.41) is 33.7. The number of pyridine rings is 1. The first kappa shape index (κ1) is 121. The van der Waals surface area contributed by atoms with Gasteiger partial charge >= 0.3 is 54.8 Å².